The number of allylic oxidation sites excluding steroid dienone is 2. The van der Waals surface area contributed by atoms with Gasteiger partial charge in [-0.2, -0.15) is 0 Å². The first-order chi connectivity index (χ1) is 11.0. The summed E-state index contributed by atoms with van der Waals surface area (Å²) in [6.45, 7) is 7.41. The van der Waals surface area contributed by atoms with Crippen LogP contribution < -0.4 is 4.74 Å². The molecule has 1 N–H and O–H groups in total. The number of hydrogen-bond donors (Lipinski definition) is 1. The lowest BCUT2D eigenvalue weighted by Gasteiger charge is -2.23. The summed E-state index contributed by atoms with van der Waals surface area (Å²) in [4.78, 5) is 0. The Hall–Kier alpha value is -2.62. The summed E-state index contributed by atoms with van der Waals surface area (Å²) in [6, 6.07) is 8.64. The zero-order valence-electron chi connectivity index (χ0n) is 13.1. The van der Waals surface area contributed by atoms with Crippen LogP contribution in [0.3, 0.4) is 0 Å². The van der Waals surface area contributed by atoms with Crippen LogP contribution in [0, 0.1) is 11.6 Å². The van der Waals surface area contributed by atoms with Gasteiger partial charge < -0.3 is 9.84 Å². The van der Waals surface area contributed by atoms with Crippen molar-refractivity contribution in [2.24, 2.45) is 0 Å². The Morgan fingerprint density at radius 3 is 2.39 bits per heavy atom. The molecule has 4 heteroatoms. The van der Waals surface area contributed by atoms with Crippen LogP contribution in [0.5, 0.6) is 11.5 Å². The average molecular weight is 316 g/mol. The molecule has 2 aromatic carbocycles. The van der Waals surface area contributed by atoms with Gasteiger partial charge in [-0.15, -0.1) is 6.58 Å². The number of phenolic OH excluding ortho intramolecular Hbond substituents is 1. The SMILES string of the molecule is C=CC.CC1=C(c2ccc(F)cc2)COc2cc(F)c(O)cc21. The van der Waals surface area contributed by atoms with Crippen LogP contribution in [0.25, 0.3) is 11.1 Å². The van der Waals surface area contributed by atoms with E-state index >= 15 is 0 Å². The third-order valence-electron chi connectivity index (χ3n) is 3.47. The van der Waals surface area contributed by atoms with Crippen molar-refractivity contribution in [3.05, 3.63) is 71.8 Å². The summed E-state index contributed by atoms with van der Waals surface area (Å²) < 4.78 is 31.8. The van der Waals surface area contributed by atoms with Crippen molar-refractivity contribution in [2.45, 2.75) is 13.8 Å². The molecule has 0 fully saturated rings. The lowest BCUT2D eigenvalue weighted by atomic mass is 9.93. The van der Waals surface area contributed by atoms with E-state index in [1.54, 1.807) is 18.2 Å². The maximum atomic E-state index is 13.3. The van der Waals surface area contributed by atoms with E-state index in [-0.39, 0.29) is 12.4 Å². The van der Waals surface area contributed by atoms with Crippen molar-refractivity contribution in [3.63, 3.8) is 0 Å². The molecule has 1 aliphatic rings. The smallest absolute Gasteiger partial charge is 0.168 e. The number of aromatic hydroxyl groups is 1. The Morgan fingerprint density at radius 1 is 1.17 bits per heavy atom. The number of rotatable bonds is 1. The van der Waals surface area contributed by atoms with Crippen LogP contribution in [-0.2, 0) is 0 Å². The lowest BCUT2D eigenvalue weighted by Crippen LogP contribution is -2.10. The van der Waals surface area contributed by atoms with Crippen molar-refractivity contribution in [1.29, 1.82) is 0 Å². The maximum absolute atomic E-state index is 13.3. The standard InChI is InChI=1S/C16H12F2O2.C3H6/c1-9-12-6-15(19)14(18)7-16(12)20-8-13(9)10-2-4-11(17)5-3-10;1-3-2/h2-7,19H,8H2,1H3;3H,1H2,2H3. The van der Waals surface area contributed by atoms with Gasteiger partial charge in [0.15, 0.2) is 11.6 Å². The highest BCUT2D eigenvalue weighted by atomic mass is 19.1. The third-order valence-corrected chi connectivity index (χ3v) is 3.47. The van der Waals surface area contributed by atoms with E-state index < -0.39 is 11.6 Å². The van der Waals surface area contributed by atoms with E-state index in [9.17, 15) is 13.9 Å². The number of phenols is 1. The van der Waals surface area contributed by atoms with E-state index in [1.165, 1.54) is 24.3 Å². The largest absolute Gasteiger partial charge is 0.505 e. The summed E-state index contributed by atoms with van der Waals surface area (Å²) in [5.74, 6) is -1.01. The molecule has 2 aromatic rings. The van der Waals surface area contributed by atoms with Crippen molar-refractivity contribution < 1.29 is 18.6 Å². The molecule has 0 aliphatic carbocycles. The van der Waals surface area contributed by atoms with Crippen LogP contribution in [0.1, 0.15) is 25.0 Å². The van der Waals surface area contributed by atoms with Crippen LogP contribution in [0.15, 0.2) is 49.1 Å². The minimum absolute atomic E-state index is 0.286. The van der Waals surface area contributed by atoms with Crippen LogP contribution in [-0.4, -0.2) is 11.7 Å². The molecule has 120 valence electrons. The molecule has 23 heavy (non-hydrogen) atoms. The molecule has 3 rings (SSSR count). The second-order valence-corrected chi connectivity index (χ2v) is 5.11. The van der Waals surface area contributed by atoms with Crippen molar-refractivity contribution >= 4 is 11.1 Å². The fourth-order valence-corrected chi connectivity index (χ4v) is 2.33. The minimum Gasteiger partial charge on any atom is -0.505 e. The maximum Gasteiger partial charge on any atom is 0.168 e. The van der Waals surface area contributed by atoms with E-state index in [0.29, 0.717) is 11.3 Å². The van der Waals surface area contributed by atoms with E-state index in [2.05, 4.69) is 6.58 Å². The van der Waals surface area contributed by atoms with Crippen molar-refractivity contribution in [2.75, 3.05) is 6.61 Å². The molecule has 0 unspecified atom stereocenters. The van der Waals surface area contributed by atoms with Gasteiger partial charge >= 0.3 is 0 Å². The summed E-state index contributed by atoms with van der Waals surface area (Å²) in [5.41, 5.74) is 3.27. The molecular formula is C19H18F2O2. The van der Waals surface area contributed by atoms with Gasteiger partial charge in [-0.1, -0.05) is 18.2 Å². The Labute approximate surface area is 134 Å². The van der Waals surface area contributed by atoms with Crippen LogP contribution >= 0.6 is 0 Å². The van der Waals surface area contributed by atoms with Gasteiger partial charge in [-0.05, 0) is 43.2 Å². The predicted octanol–water partition coefficient (Wildman–Crippen LogP) is 5.19. The topological polar surface area (TPSA) is 29.5 Å². The fourth-order valence-electron chi connectivity index (χ4n) is 2.33. The number of benzene rings is 2. The summed E-state index contributed by atoms with van der Waals surface area (Å²) >= 11 is 0. The Morgan fingerprint density at radius 2 is 1.78 bits per heavy atom. The molecule has 0 saturated carbocycles. The van der Waals surface area contributed by atoms with Gasteiger partial charge in [-0.25, -0.2) is 8.78 Å². The van der Waals surface area contributed by atoms with E-state index in [0.717, 1.165) is 16.7 Å². The van der Waals surface area contributed by atoms with Gasteiger partial charge in [0.2, 0.25) is 0 Å². The molecule has 0 radical (unpaired) electrons. The van der Waals surface area contributed by atoms with Crippen molar-refractivity contribution in [1.82, 2.24) is 0 Å². The second kappa shape index (κ2) is 7.09. The molecule has 1 aliphatic heterocycles. The molecular weight excluding hydrogens is 298 g/mol. The molecule has 0 aromatic heterocycles. The quantitative estimate of drug-likeness (QED) is 0.734. The van der Waals surface area contributed by atoms with Crippen LogP contribution in [0.2, 0.25) is 0 Å². The normalized spacial score (nSPS) is 12.7. The van der Waals surface area contributed by atoms with Gasteiger partial charge in [0, 0.05) is 17.2 Å². The highest BCUT2D eigenvalue weighted by Crippen LogP contribution is 2.39. The molecule has 0 spiro atoms. The highest BCUT2D eigenvalue weighted by molar-refractivity contribution is 5.93. The number of halogens is 2. The van der Waals surface area contributed by atoms with Gasteiger partial charge in [0.05, 0.1) is 0 Å². The zero-order chi connectivity index (χ0) is 17.0. The summed E-state index contributed by atoms with van der Waals surface area (Å²) in [5, 5.41) is 9.48. The number of hydrogen-bond acceptors (Lipinski definition) is 2. The number of ether oxygens (including phenoxy) is 1. The van der Waals surface area contributed by atoms with Gasteiger partial charge in [0.25, 0.3) is 0 Å². The summed E-state index contributed by atoms with van der Waals surface area (Å²) in [7, 11) is 0. The first-order valence-electron chi connectivity index (χ1n) is 7.16. The van der Waals surface area contributed by atoms with Crippen LogP contribution in [0.4, 0.5) is 8.78 Å². The highest BCUT2D eigenvalue weighted by Gasteiger charge is 2.20. The summed E-state index contributed by atoms with van der Waals surface area (Å²) in [6.07, 6.45) is 1.75. The van der Waals surface area contributed by atoms with E-state index in [4.69, 9.17) is 4.74 Å². The first kappa shape index (κ1) is 16.7. The lowest BCUT2D eigenvalue weighted by molar-refractivity contribution is 0.357. The predicted molar refractivity (Wildman–Crippen MR) is 88.3 cm³/mol. The third kappa shape index (κ3) is 3.59. The minimum atomic E-state index is -0.707. The molecule has 1 heterocycles. The van der Waals surface area contributed by atoms with Crippen molar-refractivity contribution in [3.8, 4) is 11.5 Å². The average Bonchev–Trinajstić information content (AvgIpc) is 2.52. The van der Waals surface area contributed by atoms with Gasteiger partial charge in [0.1, 0.15) is 18.2 Å². The van der Waals surface area contributed by atoms with Gasteiger partial charge in [-0.3, -0.25) is 0 Å². The molecule has 0 atom stereocenters. The first-order valence-corrected chi connectivity index (χ1v) is 7.16. The molecule has 0 saturated heterocycles. The monoisotopic (exact) mass is 316 g/mol. The fraction of sp³-hybridized carbons (Fsp3) is 0.158. The second-order valence-electron chi connectivity index (χ2n) is 5.11. The Bertz CT molecular complexity index is 747. The Balaban J connectivity index is 0.000000595. The molecule has 0 bridgehead atoms. The molecule has 0 amide bonds. The molecule has 2 nitrogen and oxygen atoms in total. The van der Waals surface area contributed by atoms with E-state index in [1.807, 2.05) is 13.8 Å². The zero-order valence-corrected chi connectivity index (χ0v) is 13.1. The number of fused-ring (bicyclic) bond motifs is 1. The Kier molecular flexibility index (Phi) is 5.16.